The van der Waals surface area contributed by atoms with Crippen LogP contribution in [0.1, 0.15) is 26.0 Å². The highest BCUT2D eigenvalue weighted by molar-refractivity contribution is 5.69. The molecule has 15 heavy (non-hydrogen) atoms. The van der Waals surface area contributed by atoms with Crippen molar-refractivity contribution in [3.05, 3.63) is 18.0 Å². The third-order valence-electron chi connectivity index (χ3n) is 1.90. The van der Waals surface area contributed by atoms with E-state index in [0.29, 0.717) is 19.6 Å². The predicted octanol–water partition coefficient (Wildman–Crippen LogP) is 1.11. The fourth-order valence-corrected chi connectivity index (χ4v) is 1.15. The zero-order valence-corrected chi connectivity index (χ0v) is 9.03. The van der Waals surface area contributed by atoms with Gasteiger partial charge in [0.25, 0.3) is 0 Å². The van der Waals surface area contributed by atoms with Crippen molar-refractivity contribution >= 4 is 5.97 Å². The first-order chi connectivity index (χ1) is 7.22. The summed E-state index contributed by atoms with van der Waals surface area (Å²) < 4.78 is 9.52. The number of esters is 1. The molecule has 0 radical (unpaired) electrons. The summed E-state index contributed by atoms with van der Waals surface area (Å²) in [5, 5.41) is 6.90. The van der Waals surface area contributed by atoms with Gasteiger partial charge < -0.3 is 14.6 Å². The highest BCUT2D eigenvalue weighted by atomic mass is 16.5. The number of hydrogen-bond donors (Lipinski definition) is 1. The van der Waals surface area contributed by atoms with Gasteiger partial charge in [-0.1, -0.05) is 5.16 Å². The molecular weight excluding hydrogens is 196 g/mol. The maximum Gasteiger partial charge on any atom is 0.307 e. The van der Waals surface area contributed by atoms with E-state index in [0.717, 1.165) is 5.69 Å². The number of carbonyl (C=O) groups is 1. The van der Waals surface area contributed by atoms with E-state index in [1.165, 1.54) is 6.26 Å². The molecule has 0 aliphatic carbocycles. The molecule has 0 aromatic carbocycles. The van der Waals surface area contributed by atoms with Crippen LogP contribution in [-0.4, -0.2) is 23.8 Å². The Morgan fingerprint density at radius 1 is 1.73 bits per heavy atom. The minimum atomic E-state index is -0.183. The highest BCUT2D eigenvalue weighted by Crippen LogP contribution is 1.98. The Labute approximate surface area is 88.8 Å². The lowest BCUT2D eigenvalue weighted by molar-refractivity contribution is -0.143. The van der Waals surface area contributed by atoms with Crippen LogP contribution < -0.4 is 5.32 Å². The summed E-state index contributed by atoms with van der Waals surface area (Å²) in [4.78, 5) is 11.1. The molecule has 1 rings (SSSR count). The molecule has 0 saturated heterocycles. The van der Waals surface area contributed by atoms with Crippen molar-refractivity contribution in [3.63, 3.8) is 0 Å². The van der Waals surface area contributed by atoms with E-state index in [4.69, 9.17) is 4.74 Å². The summed E-state index contributed by atoms with van der Waals surface area (Å²) >= 11 is 0. The third-order valence-corrected chi connectivity index (χ3v) is 1.90. The molecule has 0 aliphatic heterocycles. The average molecular weight is 212 g/mol. The van der Waals surface area contributed by atoms with Crippen molar-refractivity contribution in [1.29, 1.82) is 0 Å². The Hall–Kier alpha value is -1.36. The first kappa shape index (κ1) is 11.7. The van der Waals surface area contributed by atoms with Gasteiger partial charge in [-0.2, -0.15) is 0 Å². The molecule has 0 spiro atoms. The molecule has 1 N–H and O–H groups in total. The van der Waals surface area contributed by atoms with Crippen molar-refractivity contribution in [2.24, 2.45) is 0 Å². The number of nitrogens with zero attached hydrogens (tertiary/aromatic N) is 1. The monoisotopic (exact) mass is 212 g/mol. The van der Waals surface area contributed by atoms with E-state index in [2.05, 4.69) is 15.0 Å². The van der Waals surface area contributed by atoms with Crippen LogP contribution >= 0.6 is 0 Å². The fourth-order valence-electron chi connectivity index (χ4n) is 1.15. The third kappa shape index (κ3) is 4.60. The van der Waals surface area contributed by atoms with E-state index in [1.54, 1.807) is 13.0 Å². The predicted molar refractivity (Wildman–Crippen MR) is 54.1 cm³/mol. The van der Waals surface area contributed by atoms with Gasteiger partial charge in [0, 0.05) is 18.7 Å². The number of hydrogen-bond acceptors (Lipinski definition) is 5. The van der Waals surface area contributed by atoms with Crippen molar-refractivity contribution < 1.29 is 14.1 Å². The number of carbonyl (C=O) groups excluding carboxylic acids is 1. The number of ether oxygens (including phenoxy) is 1. The van der Waals surface area contributed by atoms with Crippen molar-refractivity contribution in [1.82, 2.24) is 10.5 Å². The molecule has 84 valence electrons. The van der Waals surface area contributed by atoms with Crippen LogP contribution in [0.25, 0.3) is 0 Å². The molecule has 1 unspecified atom stereocenters. The van der Waals surface area contributed by atoms with E-state index in [1.807, 2.05) is 6.92 Å². The quantitative estimate of drug-likeness (QED) is 0.715. The van der Waals surface area contributed by atoms with E-state index >= 15 is 0 Å². The van der Waals surface area contributed by atoms with Gasteiger partial charge in [-0.05, 0) is 13.8 Å². The zero-order chi connectivity index (χ0) is 11.1. The van der Waals surface area contributed by atoms with Crippen LogP contribution in [0.3, 0.4) is 0 Å². The molecule has 0 saturated carbocycles. The second-order valence-corrected chi connectivity index (χ2v) is 3.28. The van der Waals surface area contributed by atoms with Gasteiger partial charge in [-0.25, -0.2) is 0 Å². The molecule has 0 bridgehead atoms. The maximum atomic E-state index is 11.1. The summed E-state index contributed by atoms with van der Waals surface area (Å²) in [6.45, 7) is 4.74. The summed E-state index contributed by atoms with van der Waals surface area (Å²) in [7, 11) is 0. The van der Waals surface area contributed by atoms with Gasteiger partial charge in [0.15, 0.2) is 0 Å². The fraction of sp³-hybridized carbons (Fsp3) is 0.600. The summed E-state index contributed by atoms with van der Waals surface area (Å²) in [6, 6.07) is 1.85. The molecule has 1 heterocycles. The minimum absolute atomic E-state index is 0.0701. The van der Waals surface area contributed by atoms with Crippen LogP contribution in [-0.2, 0) is 16.1 Å². The van der Waals surface area contributed by atoms with Crippen LogP contribution in [0.2, 0.25) is 0 Å². The lowest BCUT2D eigenvalue weighted by Gasteiger charge is -2.11. The van der Waals surface area contributed by atoms with Crippen LogP contribution in [0, 0.1) is 0 Å². The van der Waals surface area contributed by atoms with Gasteiger partial charge >= 0.3 is 5.97 Å². The SMILES string of the molecule is CCOC(=O)CC(C)NCc1ccon1. The minimum Gasteiger partial charge on any atom is -0.466 e. The van der Waals surface area contributed by atoms with E-state index < -0.39 is 0 Å². The smallest absolute Gasteiger partial charge is 0.307 e. The molecule has 1 aromatic heterocycles. The second-order valence-electron chi connectivity index (χ2n) is 3.28. The molecule has 0 aliphatic rings. The molecule has 0 fully saturated rings. The lowest BCUT2D eigenvalue weighted by atomic mass is 10.2. The molecule has 1 aromatic rings. The number of rotatable bonds is 6. The maximum absolute atomic E-state index is 11.1. The summed E-state index contributed by atoms with van der Waals surface area (Å²) in [5.74, 6) is -0.183. The van der Waals surface area contributed by atoms with Crippen LogP contribution in [0.15, 0.2) is 16.9 Å². The Morgan fingerprint density at radius 3 is 3.13 bits per heavy atom. The number of nitrogens with one attached hydrogen (secondary N) is 1. The first-order valence-electron chi connectivity index (χ1n) is 5.00. The Kier molecular flexibility index (Phi) is 4.83. The van der Waals surface area contributed by atoms with Gasteiger partial charge in [0.2, 0.25) is 0 Å². The summed E-state index contributed by atoms with van der Waals surface area (Å²) in [5.41, 5.74) is 0.825. The Balaban J connectivity index is 2.18. The van der Waals surface area contributed by atoms with Gasteiger partial charge in [-0.15, -0.1) is 0 Å². The van der Waals surface area contributed by atoms with Crippen molar-refractivity contribution in [2.45, 2.75) is 32.9 Å². The van der Waals surface area contributed by atoms with E-state index in [-0.39, 0.29) is 12.0 Å². The Morgan fingerprint density at radius 2 is 2.53 bits per heavy atom. The second kappa shape index (κ2) is 6.19. The van der Waals surface area contributed by atoms with Gasteiger partial charge in [0.05, 0.1) is 18.7 Å². The Bertz CT molecular complexity index is 285. The van der Waals surface area contributed by atoms with Crippen LogP contribution in [0.4, 0.5) is 0 Å². The molecule has 0 amide bonds. The largest absolute Gasteiger partial charge is 0.466 e. The normalized spacial score (nSPS) is 12.4. The van der Waals surface area contributed by atoms with Gasteiger partial charge in [0.1, 0.15) is 6.26 Å². The van der Waals surface area contributed by atoms with Crippen molar-refractivity contribution in [2.75, 3.05) is 6.61 Å². The number of aromatic nitrogens is 1. The molecule has 1 atom stereocenters. The molecule has 5 nitrogen and oxygen atoms in total. The van der Waals surface area contributed by atoms with E-state index in [9.17, 15) is 4.79 Å². The van der Waals surface area contributed by atoms with Gasteiger partial charge in [-0.3, -0.25) is 4.79 Å². The molecular formula is C10H16N2O3. The van der Waals surface area contributed by atoms with Crippen molar-refractivity contribution in [3.8, 4) is 0 Å². The lowest BCUT2D eigenvalue weighted by Crippen LogP contribution is -2.28. The summed E-state index contributed by atoms with van der Waals surface area (Å²) in [6.07, 6.45) is 1.89. The molecule has 5 heteroatoms. The first-order valence-corrected chi connectivity index (χ1v) is 5.00. The topological polar surface area (TPSA) is 64.4 Å². The zero-order valence-electron chi connectivity index (χ0n) is 9.03. The average Bonchev–Trinajstić information content (AvgIpc) is 2.67. The van der Waals surface area contributed by atoms with Crippen LogP contribution in [0.5, 0.6) is 0 Å². The highest BCUT2D eigenvalue weighted by Gasteiger charge is 2.09. The standard InChI is InChI=1S/C10H16N2O3/c1-3-14-10(13)6-8(2)11-7-9-4-5-15-12-9/h4-5,8,11H,3,6-7H2,1-2H3.